The highest BCUT2D eigenvalue weighted by Crippen LogP contribution is 2.31. The minimum absolute atomic E-state index is 0.142. The second-order valence-electron chi connectivity index (χ2n) is 2.94. The van der Waals surface area contributed by atoms with Gasteiger partial charge in [0.2, 0.25) is 0 Å². The fraction of sp³-hybridized carbons (Fsp3) is 0.300. The molecule has 1 aromatic carbocycles. The Morgan fingerprint density at radius 2 is 2.21 bits per heavy atom. The number of halogens is 1. The van der Waals surface area contributed by atoms with Crippen molar-refractivity contribution < 1.29 is 9.53 Å². The molecule has 0 fully saturated rings. The van der Waals surface area contributed by atoms with Crippen LogP contribution in [-0.4, -0.2) is 12.9 Å². The van der Waals surface area contributed by atoms with Gasteiger partial charge in [0.1, 0.15) is 5.75 Å². The summed E-state index contributed by atoms with van der Waals surface area (Å²) in [5.74, 6) is 0.400. The number of ether oxygens (including phenoxy) is 1. The number of carbonyl (C=O) groups excluding carboxylic acids is 1. The minimum Gasteiger partial charge on any atom is -0.496 e. The van der Waals surface area contributed by atoms with Crippen LogP contribution in [-0.2, 0) is 4.79 Å². The van der Waals surface area contributed by atoms with Crippen molar-refractivity contribution in [3.8, 4) is 5.75 Å². The molecule has 76 valence electrons. The van der Waals surface area contributed by atoms with E-state index in [9.17, 15) is 4.79 Å². The van der Waals surface area contributed by atoms with E-state index in [-0.39, 0.29) is 5.78 Å². The van der Waals surface area contributed by atoms with Gasteiger partial charge in [-0.1, -0.05) is 17.7 Å². The summed E-state index contributed by atoms with van der Waals surface area (Å²) in [4.78, 5) is 11.1. The standard InChI is InChI=1S/C10H12ClNO2/c1-6(13)10(12)9-7(11)4-3-5-8(9)14-2/h3-5,10H,12H2,1-2H3. The first-order chi connectivity index (χ1) is 6.57. The summed E-state index contributed by atoms with van der Waals surface area (Å²) in [6.45, 7) is 1.42. The fourth-order valence-corrected chi connectivity index (χ4v) is 1.48. The van der Waals surface area contributed by atoms with Crippen molar-refractivity contribution in [2.45, 2.75) is 13.0 Å². The molecule has 4 heteroatoms. The molecule has 1 atom stereocenters. The smallest absolute Gasteiger partial charge is 0.151 e. The normalized spacial score (nSPS) is 12.3. The molecule has 1 unspecified atom stereocenters. The first kappa shape index (κ1) is 11.0. The van der Waals surface area contributed by atoms with Crippen molar-refractivity contribution in [3.05, 3.63) is 28.8 Å². The van der Waals surface area contributed by atoms with Gasteiger partial charge in [-0.25, -0.2) is 0 Å². The molecular weight excluding hydrogens is 202 g/mol. The Morgan fingerprint density at radius 3 is 2.71 bits per heavy atom. The Morgan fingerprint density at radius 1 is 1.57 bits per heavy atom. The number of hydrogen-bond donors (Lipinski definition) is 1. The summed E-state index contributed by atoms with van der Waals surface area (Å²) >= 11 is 5.93. The lowest BCUT2D eigenvalue weighted by Gasteiger charge is -2.14. The number of nitrogens with two attached hydrogens (primary N) is 1. The van der Waals surface area contributed by atoms with E-state index in [0.717, 1.165) is 0 Å². The summed E-state index contributed by atoms with van der Waals surface area (Å²) in [5, 5.41) is 0.451. The molecule has 0 aliphatic heterocycles. The largest absolute Gasteiger partial charge is 0.496 e. The molecular formula is C10H12ClNO2. The molecule has 0 spiro atoms. The van der Waals surface area contributed by atoms with Gasteiger partial charge in [0.15, 0.2) is 5.78 Å². The maximum atomic E-state index is 11.1. The molecule has 0 amide bonds. The van der Waals surface area contributed by atoms with Crippen LogP contribution in [0.25, 0.3) is 0 Å². The highest BCUT2D eigenvalue weighted by Gasteiger charge is 2.18. The van der Waals surface area contributed by atoms with E-state index in [1.54, 1.807) is 18.2 Å². The number of carbonyl (C=O) groups is 1. The zero-order chi connectivity index (χ0) is 10.7. The van der Waals surface area contributed by atoms with E-state index in [1.807, 2.05) is 0 Å². The van der Waals surface area contributed by atoms with Crippen LogP contribution in [0.1, 0.15) is 18.5 Å². The number of ketones is 1. The molecule has 0 radical (unpaired) electrons. The van der Waals surface area contributed by atoms with Gasteiger partial charge in [-0.3, -0.25) is 4.79 Å². The van der Waals surface area contributed by atoms with Gasteiger partial charge in [0.25, 0.3) is 0 Å². The first-order valence-corrected chi connectivity index (χ1v) is 4.54. The summed E-state index contributed by atoms with van der Waals surface area (Å²) in [7, 11) is 1.52. The topological polar surface area (TPSA) is 52.3 Å². The van der Waals surface area contributed by atoms with Crippen molar-refractivity contribution in [3.63, 3.8) is 0 Å². The molecule has 0 aliphatic carbocycles. The van der Waals surface area contributed by atoms with Crippen LogP contribution in [0.3, 0.4) is 0 Å². The maximum Gasteiger partial charge on any atom is 0.151 e. The lowest BCUT2D eigenvalue weighted by molar-refractivity contribution is -0.118. The lowest BCUT2D eigenvalue weighted by atomic mass is 10.0. The monoisotopic (exact) mass is 213 g/mol. The summed E-state index contributed by atoms with van der Waals surface area (Å²) in [5.41, 5.74) is 6.25. The summed E-state index contributed by atoms with van der Waals surface area (Å²) < 4.78 is 5.08. The van der Waals surface area contributed by atoms with Gasteiger partial charge < -0.3 is 10.5 Å². The number of hydrogen-bond acceptors (Lipinski definition) is 3. The quantitative estimate of drug-likeness (QED) is 0.835. The van der Waals surface area contributed by atoms with E-state index < -0.39 is 6.04 Å². The van der Waals surface area contributed by atoms with Crippen LogP contribution < -0.4 is 10.5 Å². The maximum absolute atomic E-state index is 11.1. The minimum atomic E-state index is -0.723. The molecule has 0 saturated heterocycles. The predicted molar refractivity (Wildman–Crippen MR) is 55.6 cm³/mol. The number of methoxy groups -OCH3 is 1. The third kappa shape index (κ3) is 2.05. The zero-order valence-corrected chi connectivity index (χ0v) is 8.84. The van der Waals surface area contributed by atoms with E-state index in [0.29, 0.717) is 16.3 Å². The van der Waals surface area contributed by atoms with Gasteiger partial charge in [-0.05, 0) is 19.1 Å². The Kier molecular flexibility index (Phi) is 3.49. The van der Waals surface area contributed by atoms with Crippen LogP contribution in [0.5, 0.6) is 5.75 Å². The SMILES string of the molecule is COc1cccc(Cl)c1C(N)C(C)=O. The molecule has 0 aromatic heterocycles. The Balaban J connectivity index is 3.23. The van der Waals surface area contributed by atoms with Gasteiger partial charge >= 0.3 is 0 Å². The average Bonchev–Trinajstić information content (AvgIpc) is 2.16. The molecule has 1 rings (SSSR count). The number of benzene rings is 1. The Bertz CT molecular complexity index is 352. The van der Waals surface area contributed by atoms with Crippen molar-refractivity contribution in [1.82, 2.24) is 0 Å². The molecule has 0 saturated carbocycles. The summed E-state index contributed by atoms with van der Waals surface area (Å²) in [6, 6.07) is 4.43. The number of rotatable bonds is 3. The van der Waals surface area contributed by atoms with E-state index in [2.05, 4.69) is 0 Å². The lowest BCUT2D eigenvalue weighted by Crippen LogP contribution is -2.19. The molecule has 2 N–H and O–H groups in total. The zero-order valence-electron chi connectivity index (χ0n) is 8.08. The van der Waals surface area contributed by atoms with Crippen LogP contribution in [0, 0.1) is 0 Å². The fourth-order valence-electron chi connectivity index (χ4n) is 1.20. The van der Waals surface area contributed by atoms with Gasteiger partial charge in [-0.15, -0.1) is 0 Å². The van der Waals surface area contributed by atoms with E-state index in [1.165, 1.54) is 14.0 Å². The molecule has 0 bridgehead atoms. The van der Waals surface area contributed by atoms with E-state index in [4.69, 9.17) is 22.1 Å². The third-order valence-electron chi connectivity index (χ3n) is 1.98. The van der Waals surface area contributed by atoms with Crippen molar-refractivity contribution in [2.24, 2.45) is 5.73 Å². The van der Waals surface area contributed by atoms with Crippen LogP contribution in [0.2, 0.25) is 5.02 Å². The molecule has 0 heterocycles. The second kappa shape index (κ2) is 4.44. The second-order valence-corrected chi connectivity index (χ2v) is 3.35. The Labute approximate surface area is 87.8 Å². The van der Waals surface area contributed by atoms with Crippen molar-refractivity contribution >= 4 is 17.4 Å². The Hall–Kier alpha value is -1.06. The molecule has 3 nitrogen and oxygen atoms in total. The highest BCUT2D eigenvalue weighted by molar-refractivity contribution is 6.31. The van der Waals surface area contributed by atoms with Crippen molar-refractivity contribution in [1.29, 1.82) is 0 Å². The van der Waals surface area contributed by atoms with Crippen molar-refractivity contribution in [2.75, 3.05) is 7.11 Å². The molecule has 0 aliphatic rings. The summed E-state index contributed by atoms with van der Waals surface area (Å²) in [6.07, 6.45) is 0. The van der Waals surface area contributed by atoms with Crippen LogP contribution in [0.4, 0.5) is 0 Å². The van der Waals surface area contributed by atoms with Gasteiger partial charge in [0.05, 0.1) is 13.2 Å². The first-order valence-electron chi connectivity index (χ1n) is 4.16. The van der Waals surface area contributed by atoms with E-state index >= 15 is 0 Å². The van der Waals surface area contributed by atoms with Gasteiger partial charge in [-0.2, -0.15) is 0 Å². The molecule has 1 aromatic rings. The van der Waals surface area contributed by atoms with Crippen LogP contribution in [0.15, 0.2) is 18.2 Å². The predicted octanol–water partition coefficient (Wildman–Crippen LogP) is 1.94. The number of Topliss-reactive ketones (excluding diaryl/α,β-unsaturated/α-hetero) is 1. The highest BCUT2D eigenvalue weighted by atomic mass is 35.5. The van der Waals surface area contributed by atoms with Gasteiger partial charge in [0, 0.05) is 10.6 Å². The van der Waals surface area contributed by atoms with Crippen LogP contribution >= 0.6 is 11.6 Å². The third-order valence-corrected chi connectivity index (χ3v) is 2.31. The average molecular weight is 214 g/mol. The molecule has 14 heavy (non-hydrogen) atoms.